The van der Waals surface area contributed by atoms with Crippen molar-refractivity contribution in [1.82, 2.24) is 4.98 Å². The average Bonchev–Trinajstić information content (AvgIpc) is 3.10. The molecule has 3 rings (SSSR count). The van der Waals surface area contributed by atoms with Gasteiger partial charge in [-0.25, -0.2) is 0 Å². The number of rotatable bonds is 5. The van der Waals surface area contributed by atoms with E-state index in [1.54, 1.807) is 17.4 Å². The fourth-order valence-corrected chi connectivity index (χ4v) is 4.14. The third-order valence-electron chi connectivity index (χ3n) is 4.15. The molecule has 0 saturated carbocycles. The van der Waals surface area contributed by atoms with Crippen LogP contribution in [0.5, 0.6) is 0 Å². The molecule has 0 spiro atoms. The number of unbranched alkanes of at least 4 members (excludes halogenated alkanes) is 1. The van der Waals surface area contributed by atoms with Gasteiger partial charge >= 0.3 is 6.18 Å². The molecular weight excluding hydrogens is 369 g/mol. The maximum Gasteiger partial charge on any atom is 0.418 e. The molecule has 0 unspecified atom stereocenters. The highest BCUT2D eigenvalue weighted by Gasteiger charge is 2.34. The highest BCUT2D eigenvalue weighted by molar-refractivity contribution is 7.15. The number of halogens is 4. The van der Waals surface area contributed by atoms with Gasteiger partial charge < -0.3 is 10.7 Å². The van der Waals surface area contributed by atoms with E-state index in [0.717, 1.165) is 39.9 Å². The maximum absolute atomic E-state index is 13.5. The molecule has 0 aliphatic carbocycles. The van der Waals surface area contributed by atoms with Crippen molar-refractivity contribution in [3.05, 3.63) is 45.3 Å². The van der Waals surface area contributed by atoms with Gasteiger partial charge in [0.25, 0.3) is 0 Å². The molecule has 2 heterocycles. The molecule has 3 aromatic rings. The first-order chi connectivity index (χ1) is 11.8. The van der Waals surface area contributed by atoms with Crippen molar-refractivity contribution < 1.29 is 13.2 Å². The van der Waals surface area contributed by atoms with Crippen LogP contribution in [0.4, 0.5) is 13.2 Å². The van der Waals surface area contributed by atoms with Crippen LogP contribution in [-0.2, 0) is 12.6 Å². The van der Waals surface area contributed by atoms with Crippen LogP contribution in [0.2, 0.25) is 5.02 Å². The lowest BCUT2D eigenvalue weighted by molar-refractivity contribution is -0.136. The molecule has 0 amide bonds. The maximum atomic E-state index is 13.5. The lowest BCUT2D eigenvalue weighted by Crippen LogP contribution is -2.05. The SMILES string of the molecule is Cc1ccc(-c2[nH]c3c(C(F)(F)F)cc(Cl)cc3c2CCCCN)s1. The molecule has 0 aliphatic heterocycles. The minimum absolute atomic E-state index is 0.0906. The average molecular weight is 387 g/mol. The standard InChI is InChI=1S/C18H18ClF3N2S/c1-10-5-6-15(25-10)17-12(4-2-3-7-23)13-8-11(19)9-14(16(13)24-17)18(20,21)22/h5-6,8-9,24H,2-4,7,23H2,1H3. The topological polar surface area (TPSA) is 41.8 Å². The lowest BCUT2D eigenvalue weighted by Gasteiger charge is -2.09. The number of alkyl halides is 3. The predicted molar refractivity (Wildman–Crippen MR) is 98.4 cm³/mol. The van der Waals surface area contributed by atoms with Crippen LogP contribution in [0, 0.1) is 6.92 Å². The van der Waals surface area contributed by atoms with E-state index in [1.165, 1.54) is 0 Å². The van der Waals surface area contributed by atoms with Crippen molar-refractivity contribution in [1.29, 1.82) is 0 Å². The van der Waals surface area contributed by atoms with E-state index in [1.807, 2.05) is 19.1 Å². The Hall–Kier alpha value is -1.50. The molecule has 0 aliphatic rings. The Balaban J connectivity index is 2.24. The quantitative estimate of drug-likeness (QED) is 0.507. The summed E-state index contributed by atoms with van der Waals surface area (Å²) in [6.07, 6.45) is -2.18. The van der Waals surface area contributed by atoms with E-state index in [2.05, 4.69) is 4.98 Å². The summed E-state index contributed by atoms with van der Waals surface area (Å²) in [6, 6.07) is 6.50. The Labute approximate surface area is 152 Å². The number of nitrogens with two attached hydrogens (primary N) is 1. The van der Waals surface area contributed by atoms with Gasteiger partial charge in [-0.1, -0.05) is 11.6 Å². The van der Waals surface area contributed by atoms with Crippen molar-refractivity contribution in [2.75, 3.05) is 6.54 Å². The highest BCUT2D eigenvalue weighted by atomic mass is 35.5. The number of fused-ring (bicyclic) bond motifs is 1. The first-order valence-electron chi connectivity index (χ1n) is 7.99. The predicted octanol–water partition coefficient (Wildman–Crippen LogP) is 6.16. The summed E-state index contributed by atoms with van der Waals surface area (Å²) < 4.78 is 40.4. The minimum Gasteiger partial charge on any atom is -0.353 e. The molecule has 2 aromatic heterocycles. The number of H-pyrrole nitrogens is 1. The Morgan fingerprint density at radius 3 is 2.56 bits per heavy atom. The van der Waals surface area contributed by atoms with Crippen LogP contribution in [0.15, 0.2) is 24.3 Å². The van der Waals surface area contributed by atoms with Crippen molar-refractivity contribution in [2.45, 2.75) is 32.4 Å². The Morgan fingerprint density at radius 1 is 1.20 bits per heavy atom. The van der Waals surface area contributed by atoms with Crippen LogP contribution in [0.3, 0.4) is 0 Å². The van der Waals surface area contributed by atoms with E-state index in [4.69, 9.17) is 17.3 Å². The van der Waals surface area contributed by atoms with E-state index in [0.29, 0.717) is 18.4 Å². The molecule has 3 N–H and O–H groups in total. The minimum atomic E-state index is -4.47. The van der Waals surface area contributed by atoms with Crippen LogP contribution in [0.1, 0.15) is 28.8 Å². The second-order valence-corrected chi connectivity index (χ2v) is 7.73. The number of benzene rings is 1. The van der Waals surface area contributed by atoms with E-state index in [-0.39, 0.29) is 10.5 Å². The van der Waals surface area contributed by atoms with Gasteiger partial charge in [-0.2, -0.15) is 13.2 Å². The fraction of sp³-hybridized carbons (Fsp3) is 0.333. The lowest BCUT2D eigenvalue weighted by atomic mass is 10.0. The number of nitrogens with one attached hydrogen (secondary N) is 1. The summed E-state index contributed by atoms with van der Waals surface area (Å²) in [4.78, 5) is 5.06. The third-order valence-corrected chi connectivity index (χ3v) is 5.39. The van der Waals surface area contributed by atoms with Gasteiger partial charge in [-0.05, 0) is 62.6 Å². The molecule has 7 heteroatoms. The Morgan fingerprint density at radius 2 is 1.96 bits per heavy atom. The van der Waals surface area contributed by atoms with Gasteiger partial charge in [0.1, 0.15) is 0 Å². The Bertz CT molecular complexity index is 896. The van der Waals surface area contributed by atoms with Crippen molar-refractivity contribution >= 4 is 33.8 Å². The molecular formula is C18H18ClF3N2S. The van der Waals surface area contributed by atoms with Crippen LogP contribution in [0.25, 0.3) is 21.5 Å². The van der Waals surface area contributed by atoms with Crippen LogP contribution < -0.4 is 5.73 Å². The van der Waals surface area contributed by atoms with Crippen molar-refractivity contribution in [3.8, 4) is 10.6 Å². The first kappa shape index (κ1) is 18.3. The molecule has 134 valence electrons. The van der Waals surface area contributed by atoms with Crippen LogP contribution in [-0.4, -0.2) is 11.5 Å². The number of hydrogen-bond donors (Lipinski definition) is 2. The zero-order valence-corrected chi connectivity index (χ0v) is 15.2. The van der Waals surface area contributed by atoms with Gasteiger partial charge in [-0.3, -0.25) is 0 Å². The van der Waals surface area contributed by atoms with Gasteiger partial charge in [0.2, 0.25) is 0 Å². The van der Waals surface area contributed by atoms with E-state index >= 15 is 0 Å². The fourth-order valence-electron chi connectivity index (χ4n) is 3.02. The second kappa shape index (κ2) is 7.02. The molecule has 0 radical (unpaired) electrons. The summed E-state index contributed by atoms with van der Waals surface area (Å²) in [7, 11) is 0. The molecule has 0 fully saturated rings. The number of aryl methyl sites for hydroxylation is 2. The van der Waals surface area contributed by atoms with Gasteiger partial charge in [0.05, 0.1) is 21.7 Å². The van der Waals surface area contributed by atoms with Gasteiger partial charge in [0.15, 0.2) is 0 Å². The monoisotopic (exact) mass is 386 g/mol. The summed E-state index contributed by atoms with van der Waals surface area (Å²) in [5, 5.41) is 0.630. The molecule has 1 aromatic carbocycles. The zero-order valence-electron chi connectivity index (χ0n) is 13.6. The normalized spacial score (nSPS) is 12.2. The third kappa shape index (κ3) is 3.71. The second-order valence-electron chi connectivity index (χ2n) is 6.01. The Kier molecular flexibility index (Phi) is 5.14. The van der Waals surface area contributed by atoms with Crippen LogP contribution >= 0.6 is 22.9 Å². The van der Waals surface area contributed by atoms with Crippen molar-refractivity contribution in [2.24, 2.45) is 5.73 Å². The molecule has 25 heavy (non-hydrogen) atoms. The smallest absolute Gasteiger partial charge is 0.353 e. The molecule has 2 nitrogen and oxygen atoms in total. The molecule has 0 saturated heterocycles. The number of hydrogen-bond acceptors (Lipinski definition) is 2. The largest absolute Gasteiger partial charge is 0.418 e. The number of aromatic amines is 1. The summed E-state index contributed by atoms with van der Waals surface area (Å²) >= 11 is 7.55. The first-order valence-corrected chi connectivity index (χ1v) is 9.19. The number of thiophene rings is 1. The zero-order chi connectivity index (χ0) is 18.2. The van der Waals surface area contributed by atoms with E-state index in [9.17, 15) is 13.2 Å². The highest BCUT2D eigenvalue weighted by Crippen LogP contribution is 2.42. The van der Waals surface area contributed by atoms with Gasteiger partial charge in [0, 0.05) is 15.3 Å². The summed E-state index contributed by atoms with van der Waals surface area (Å²) in [6.45, 7) is 2.54. The number of aromatic nitrogens is 1. The van der Waals surface area contributed by atoms with E-state index < -0.39 is 11.7 Å². The van der Waals surface area contributed by atoms with Crippen molar-refractivity contribution in [3.63, 3.8) is 0 Å². The summed E-state index contributed by atoms with van der Waals surface area (Å²) in [5.74, 6) is 0. The molecule has 0 atom stereocenters. The summed E-state index contributed by atoms with van der Waals surface area (Å²) in [5.41, 5.74) is 6.55. The van der Waals surface area contributed by atoms with Gasteiger partial charge in [-0.15, -0.1) is 11.3 Å². The molecule has 0 bridgehead atoms.